The van der Waals surface area contributed by atoms with E-state index in [0.717, 1.165) is 34.3 Å². The van der Waals surface area contributed by atoms with Crippen LogP contribution in [0.5, 0.6) is 11.5 Å². The molecule has 2 N–H and O–H groups in total. The molecule has 2 rings (SSSR count). The number of hydrogen-bond acceptors (Lipinski definition) is 4. The highest BCUT2D eigenvalue weighted by Gasteiger charge is 2.05. The Kier molecular flexibility index (Phi) is 8.18. The summed E-state index contributed by atoms with van der Waals surface area (Å²) in [5, 5.41) is 7.72. The van der Waals surface area contributed by atoms with E-state index in [1.807, 2.05) is 54.2 Å². The second kappa shape index (κ2) is 10.4. The minimum absolute atomic E-state index is 0.575. The molecule has 0 aliphatic rings. The molecule has 7 heteroatoms. The number of nitrogens with one attached hydrogen (secondary N) is 2. The summed E-state index contributed by atoms with van der Waals surface area (Å²) in [6.45, 7) is 0.772. The molecule has 0 saturated carbocycles. The van der Waals surface area contributed by atoms with Crippen molar-refractivity contribution in [2.24, 2.45) is 0 Å². The van der Waals surface area contributed by atoms with Gasteiger partial charge in [-0.2, -0.15) is 11.8 Å². The first-order chi connectivity index (χ1) is 12.1. The zero-order valence-corrected chi connectivity index (χ0v) is 16.6. The van der Waals surface area contributed by atoms with Crippen LogP contribution in [-0.4, -0.2) is 31.6 Å². The smallest absolute Gasteiger partial charge is 0.170 e. The van der Waals surface area contributed by atoms with E-state index in [1.54, 1.807) is 14.2 Å². The average Bonchev–Trinajstić information content (AvgIpc) is 2.62. The van der Waals surface area contributed by atoms with Gasteiger partial charge in [-0.3, -0.25) is 0 Å². The first-order valence-corrected chi connectivity index (χ1v) is 9.66. The summed E-state index contributed by atoms with van der Waals surface area (Å²) in [5.74, 6) is 3.16. The third-order valence-corrected chi connectivity index (χ3v) is 5.01. The minimum atomic E-state index is 0.575. The number of anilines is 1. The van der Waals surface area contributed by atoms with Gasteiger partial charge >= 0.3 is 0 Å². The van der Waals surface area contributed by atoms with Crippen LogP contribution >= 0.6 is 35.6 Å². The van der Waals surface area contributed by atoms with E-state index in [1.165, 1.54) is 0 Å². The molecule has 0 aliphatic heterocycles. The van der Waals surface area contributed by atoms with Gasteiger partial charge in [0, 0.05) is 34.8 Å². The van der Waals surface area contributed by atoms with E-state index in [4.69, 9.17) is 33.3 Å². The van der Waals surface area contributed by atoms with E-state index in [2.05, 4.69) is 10.6 Å². The van der Waals surface area contributed by atoms with Crippen molar-refractivity contribution < 1.29 is 9.47 Å². The van der Waals surface area contributed by atoms with E-state index in [9.17, 15) is 0 Å². The molecule has 4 nitrogen and oxygen atoms in total. The lowest BCUT2D eigenvalue weighted by Crippen LogP contribution is -2.30. The van der Waals surface area contributed by atoms with Crippen LogP contribution in [0.4, 0.5) is 5.69 Å². The molecule has 25 heavy (non-hydrogen) atoms. The van der Waals surface area contributed by atoms with E-state index in [0.29, 0.717) is 16.6 Å². The van der Waals surface area contributed by atoms with Crippen molar-refractivity contribution in [2.45, 2.75) is 5.75 Å². The molecule has 134 valence electrons. The highest BCUT2D eigenvalue weighted by Crippen LogP contribution is 2.29. The molecule has 0 amide bonds. The molecule has 2 aromatic rings. The molecular weight excluding hydrogens is 376 g/mol. The van der Waals surface area contributed by atoms with E-state index in [-0.39, 0.29) is 0 Å². The van der Waals surface area contributed by atoms with Gasteiger partial charge in [-0.25, -0.2) is 0 Å². The van der Waals surface area contributed by atoms with Crippen LogP contribution in [0.15, 0.2) is 42.5 Å². The Labute approximate surface area is 163 Å². The second-order valence-corrected chi connectivity index (χ2v) is 7.02. The lowest BCUT2D eigenvalue weighted by molar-refractivity contribution is 0.355. The van der Waals surface area contributed by atoms with Gasteiger partial charge in [-0.1, -0.05) is 29.8 Å². The van der Waals surface area contributed by atoms with Crippen LogP contribution in [0.25, 0.3) is 0 Å². The van der Waals surface area contributed by atoms with Gasteiger partial charge in [-0.05, 0) is 36.0 Å². The topological polar surface area (TPSA) is 42.5 Å². The fourth-order valence-electron chi connectivity index (χ4n) is 2.12. The SMILES string of the molecule is COc1ccc(NC(=S)NCCSCc2ccccc2Cl)cc1OC. The zero-order valence-electron chi connectivity index (χ0n) is 14.2. The number of hydrogen-bond donors (Lipinski definition) is 2. The Balaban J connectivity index is 1.71. The normalized spacial score (nSPS) is 10.2. The summed E-state index contributed by atoms with van der Waals surface area (Å²) in [4.78, 5) is 0. The third kappa shape index (κ3) is 6.30. The van der Waals surface area contributed by atoms with Crippen LogP contribution in [0.1, 0.15) is 5.56 Å². The molecule has 0 saturated heterocycles. The number of thiocarbonyl (C=S) groups is 1. The van der Waals surface area contributed by atoms with Gasteiger partial charge in [0.25, 0.3) is 0 Å². The summed E-state index contributed by atoms with van der Waals surface area (Å²) >= 11 is 13.3. The Morgan fingerprint density at radius 3 is 2.60 bits per heavy atom. The number of halogens is 1. The highest BCUT2D eigenvalue weighted by molar-refractivity contribution is 7.98. The van der Waals surface area contributed by atoms with Crippen molar-refractivity contribution in [3.05, 3.63) is 53.1 Å². The Morgan fingerprint density at radius 2 is 1.88 bits per heavy atom. The average molecular weight is 397 g/mol. The van der Waals surface area contributed by atoms with E-state index >= 15 is 0 Å². The second-order valence-electron chi connectivity index (χ2n) is 5.09. The molecule has 0 fully saturated rings. The summed E-state index contributed by atoms with van der Waals surface area (Å²) in [6.07, 6.45) is 0. The number of methoxy groups -OCH3 is 2. The quantitative estimate of drug-likeness (QED) is 0.503. The molecule has 0 bridgehead atoms. The first kappa shape index (κ1) is 19.7. The van der Waals surface area contributed by atoms with Gasteiger partial charge in [0.1, 0.15) is 0 Å². The van der Waals surface area contributed by atoms with Gasteiger partial charge < -0.3 is 20.1 Å². The van der Waals surface area contributed by atoms with Gasteiger partial charge in [0.05, 0.1) is 14.2 Å². The van der Waals surface area contributed by atoms with Crippen molar-refractivity contribution >= 4 is 46.4 Å². The number of thioether (sulfide) groups is 1. The Bertz CT molecular complexity index is 713. The van der Waals surface area contributed by atoms with Gasteiger partial charge in [-0.15, -0.1) is 0 Å². The number of rotatable bonds is 8. The predicted molar refractivity (Wildman–Crippen MR) is 111 cm³/mol. The van der Waals surface area contributed by atoms with Crippen LogP contribution in [0.3, 0.4) is 0 Å². The molecule has 0 heterocycles. The minimum Gasteiger partial charge on any atom is -0.493 e. The molecular formula is C18H21ClN2O2S2. The lowest BCUT2D eigenvalue weighted by atomic mass is 10.2. The van der Waals surface area contributed by atoms with Crippen molar-refractivity contribution in [1.82, 2.24) is 5.32 Å². The Morgan fingerprint density at radius 1 is 1.12 bits per heavy atom. The van der Waals surface area contributed by atoms with Crippen molar-refractivity contribution in [2.75, 3.05) is 31.8 Å². The van der Waals surface area contributed by atoms with Crippen molar-refractivity contribution in [3.8, 4) is 11.5 Å². The molecule has 2 aromatic carbocycles. The van der Waals surface area contributed by atoms with Crippen LogP contribution in [0.2, 0.25) is 5.02 Å². The molecule has 0 unspecified atom stereocenters. The number of ether oxygens (including phenoxy) is 2. The monoisotopic (exact) mass is 396 g/mol. The molecule has 0 aromatic heterocycles. The molecule has 0 spiro atoms. The maximum Gasteiger partial charge on any atom is 0.170 e. The maximum atomic E-state index is 6.15. The fourth-order valence-corrected chi connectivity index (χ4v) is 3.49. The zero-order chi connectivity index (χ0) is 18.1. The van der Waals surface area contributed by atoms with E-state index < -0.39 is 0 Å². The summed E-state index contributed by atoms with van der Waals surface area (Å²) in [6, 6.07) is 13.5. The van der Waals surface area contributed by atoms with Crippen LogP contribution < -0.4 is 20.1 Å². The lowest BCUT2D eigenvalue weighted by Gasteiger charge is -2.13. The number of benzene rings is 2. The third-order valence-electron chi connectivity index (χ3n) is 3.39. The standard InChI is InChI=1S/C18H21ClN2O2S2/c1-22-16-8-7-14(11-17(16)23-2)21-18(24)20-9-10-25-12-13-5-3-4-6-15(13)19/h3-8,11H,9-10,12H2,1-2H3,(H2,20,21,24). The molecule has 0 aliphatic carbocycles. The summed E-state index contributed by atoms with van der Waals surface area (Å²) in [7, 11) is 3.21. The van der Waals surface area contributed by atoms with Gasteiger partial charge in [0.2, 0.25) is 0 Å². The van der Waals surface area contributed by atoms with Gasteiger partial charge in [0.15, 0.2) is 16.6 Å². The van der Waals surface area contributed by atoms with Crippen molar-refractivity contribution in [1.29, 1.82) is 0 Å². The largest absolute Gasteiger partial charge is 0.493 e. The summed E-state index contributed by atoms with van der Waals surface area (Å²) < 4.78 is 10.5. The molecule has 0 radical (unpaired) electrons. The maximum absolute atomic E-state index is 6.15. The first-order valence-electron chi connectivity index (χ1n) is 7.72. The van der Waals surface area contributed by atoms with Crippen LogP contribution in [0, 0.1) is 0 Å². The molecule has 0 atom stereocenters. The summed E-state index contributed by atoms with van der Waals surface area (Å²) in [5.41, 5.74) is 2.00. The predicted octanol–water partition coefficient (Wildman–Crippen LogP) is 4.58. The fraction of sp³-hybridized carbons (Fsp3) is 0.278. The Hall–Kier alpha value is -1.63. The highest BCUT2D eigenvalue weighted by atomic mass is 35.5. The van der Waals surface area contributed by atoms with Crippen LogP contribution in [-0.2, 0) is 5.75 Å². The van der Waals surface area contributed by atoms with Crippen molar-refractivity contribution in [3.63, 3.8) is 0 Å².